The van der Waals surface area contributed by atoms with Crippen LogP contribution in [0.5, 0.6) is 11.5 Å². The van der Waals surface area contributed by atoms with Crippen molar-refractivity contribution in [3.63, 3.8) is 0 Å². The van der Waals surface area contributed by atoms with Crippen molar-refractivity contribution in [2.24, 2.45) is 0 Å². The molecule has 22 heavy (non-hydrogen) atoms. The maximum atomic E-state index is 6.55. The monoisotopic (exact) mass is 358 g/mol. The highest BCUT2D eigenvalue weighted by Crippen LogP contribution is 2.28. The highest BCUT2D eigenvalue weighted by atomic mass is 28.5. The molecular formula is C15H30O4Si3. The van der Waals surface area contributed by atoms with Crippen molar-refractivity contribution >= 4 is 30.4 Å². The largest absolute Gasteiger partial charge is 0.493 e. The Kier molecular flexibility index (Phi) is 6.08. The topological polar surface area (TPSA) is 36.9 Å². The summed E-state index contributed by atoms with van der Waals surface area (Å²) >= 11 is 0. The van der Waals surface area contributed by atoms with Gasteiger partial charge in [-0.05, 0) is 63.1 Å². The van der Waals surface area contributed by atoms with Crippen LogP contribution in [0.15, 0.2) is 18.2 Å². The highest BCUT2D eigenvalue weighted by Gasteiger charge is 2.42. The van der Waals surface area contributed by atoms with Crippen molar-refractivity contribution in [1.29, 1.82) is 0 Å². The zero-order chi connectivity index (χ0) is 17.2. The third-order valence-corrected chi connectivity index (χ3v) is 12.3. The normalized spacial score (nSPS) is 13.1. The molecule has 1 aromatic carbocycles. The third kappa shape index (κ3) is 5.55. The van der Waals surface area contributed by atoms with E-state index in [0.29, 0.717) is 0 Å². The molecular weight excluding hydrogens is 328 g/mol. The lowest BCUT2D eigenvalue weighted by Crippen LogP contribution is -2.60. The molecule has 0 aliphatic heterocycles. The molecule has 1 aromatic rings. The van der Waals surface area contributed by atoms with E-state index in [-0.39, 0.29) is 0 Å². The van der Waals surface area contributed by atoms with Gasteiger partial charge >= 0.3 is 8.56 Å². The fourth-order valence-electron chi connectivity index (χ4n) is 2.43. The molecule has 0 aromatic heterocycles. The van der Waals surface area contributed by atoms with Gasteiger partial charge in [0.1, 0.15) is 0 Å². The first kappa shape index (κ1) is 19.4. The van der Waals surface area contributed by atoms with Gasteiger partial charge in [-0.2, -0.15) is 0 Å². The van der Waals surface area contributed by atoms with Gasteiger partial charge in [-0.15, -0.1) is 0 Å². The lowest BCUT2D eigenvalue weighted by Gasteiger charge is -2.38. The molecule has 0 N–H and O–H groups in total. The molecule has 4 nitrogen and oxygen atoms in total. The fraction of sp³-hybridized carbons (Fsp3) is 0.600. The van der Waals surface area contributed by atoms with Gasteiger partial charge in [-0.3, -0.25) is 0 Å². The fourth-order valence-corrected chi connectivity index (χ4v) is 14.0. The Morgan fingerprint density at radius 1 is 0.682 bits per heavy atom. The third-order valence-electron chi connectivity index (χ3n) is 2.91. The summed E-state index contributed by atoms with van der Waals surface area (Å²) in [6, 6.07) is 5.99. The van der Waals surface area contributed by atoms with Crippen molar-refractivity contribution in [2.45, 2.75) is 45.8 Å². The van der Waals surface area contributed by atoms with Crippen LogP contribution in [-0.2, 0) is 8.23 Å². The Morgan fingerprint density at radius 2 is 1.14 bits per heavy atom. The summed E-state index contributed by atoms with van der Waals surface area (Å²) in [5.41, 5.74) is 0. The maximum Gasteiger partial charge on any atom is 0.348 e. The first-order valence-corrected chi connectivity index (χ1v) is 16.7. The number of ether oxygens (including phenoxy) is 2. The Bertz CT molecular complexity index is 490. The van der Waals surface area contributed by atoms with Crippen molar-refractivity contribution in [3.05, 3.63) is 18.2 Å². The number of benzene rings is 1. The molecule has 0 atom stereocenters. The molecule has 7 heteroatoms. The van der Waals surface area contributed by atoms with Crippen LogP contribution < -0.4 is 14.7 Å². The van der Waals surface area contributed by atoms with Gasteiger partial charge in [0.2, 0.25) is 0 Å². The van der Waals surface area contributed by atoms with E-state index in [1.165, 1.54) is 0 Å². The second-order valence-electron chi connectivity index (χ2n) is 7.44. The van der Waals surface area contributed by atoms with Crippen LogP contribution in [0.4, 0.5) is 0 Å². The van der Waals surface area contributed by atoms with E-state index in [1.54, 1.807) is 14.2 Å². The van der Waals surface area contributed by atoms with E-state index in [4.69, 9.17) is 17.7 Å². The molecule has 0 spiro atoms. The average Bonchev–Trinajstić information content (AvgIpc) is 2.33. The predicted octanol–water partition coefficient (Wildman–Crippen LogP) is 3.69. The predicted molar refractivity (Wildman–Crippen MR) is 99.7 cm³/mol. The Morgan fingerprint density at radius 3 is 1.50 bits per heavy atom. The van der Waals surface area contributed by atoms with Gasteiger partial charge in [0.05, 0.1) is 14.2 Å². The lowest BCUT2D eigenvalue weighted by atomic mass is 10.3. The molecule has 0 amide bonds. The molecule has 0 bridgehead atoms. The van der Waals surface area contributed by atoms with Crippen LogP contribution in [0.2, 0.25) is 45.8 Å². The van der Waals surface area contributed by atoms with E-state index >= 15 is 0 Å². The number of methoxy groups -OCH3 is 2. The van der Waals surface area contributed by atoms with Crippen LogP contribution in [0.1, 0.15) is 0 Å². The van der Waals surface area contributed by atoms with Crippen molar-refractivity contribution in [3.8, 4) is 11.5 Å². The first-order valence-electron chi connectivity index (χ1n) is 7.53. The van der Waals surface area contributed by atoms with Gasteiger partial charge in [0.15, 0.2) is 28.1 Å². The first-order chi connectivity index (χ1) is 9.90. The SMILES string of the molecule is COc1ccc([Si](C)(O[Si](C)(C)C)O[Si](C)(C)C)cc1OC. The highest BCUT2D eigenvalue weighted by molar-refractivity contribution is 6.94. The van der Waals surface area contributed by atoms with Crippen LogP contribution in [0, 0.1) is 0 Å². The number of hydrogen-bond acceptors (Lipinski definition) is 4. The van der Waals surface area contributed by atoms with Crippen LogP contribution in [0.25, 0.3) is 0 Å². The summed E-state index contributed by atoms with van der Waals surface area (Å²) in [4.78, 5) is 0. The number of hydrogen-bond donors (Lipinski definition) is 0. The molecule has 1 rings (SSSR count). The molecule has 0 saturated carbocycles. The van der Waals surface area contributed by atoms with Crippen LogP contribution >= 0.6 is 0 Å². The molecule has 126 valence electrons. The molecule has 0 aliphatic carbocycles. The Hall–Kier alpha value is -0.609. The molecule has 0 fully saturated rings. The standard InChI is InChI=1S/C15H30O4Si3/c1-16-14-11-10-13(12-15(14)17-2)22(9,18-20(3,4)5)19-21(6,7)8/h10-12H,1-9H3. The zero-order valence-electron chi connectivity index (χ0n) is 15.4. The summed E-state index contributed by atoms with van der Waals surface area (Å²) in [6.45, 7) is 15.3. The van der Waals surface area contributed by atoms with E-state index in [2.05, 4.69) is 45.8 Å². The van der Waals surface area contributed by atoms with Crippen LogP contribution in [0.3, 0.4) is 0 Å². The van der Waals surface area contributed by atoms with Crippen LogP contribution in [-0.4, -0.2) is 39.4 Å². The van der Waals surface area contributed by atoms with E-state index in [9.17, 15) is 0 Å². The average molecular weight is 359 g/mol. The van der Waals surface area contributed by atoms with Gasteiger partial charge in [-0.25, -0.2) is 0 Å². The smallest absolute Gasteiger partial charge is 0.348 e. The van der Waals surface area contributed by atoms with E-state index < -0.39 is 25.2 Å². The lowest BCUT2D eigenvalue weighted by molar-refractivity contribution is 0.354. The summed E-state index contributed by atoms with van der Waals surface area (Å²) in [5.74, 6) is 1.45. The van der Waals surface area contributed by atoms with E-state index in [0.717, 1.165) is 16.7 Å². The molecule has 0 unspecified atom stereocenters. The second kappa shape index (κ2) is 6.88. The maximum absolute atomic E-state index is 6.55. The van der Waals surface area contributed by atoms with Crippen molar-refractivity contribution in [1.82, 2.24) is 0 Å². The minimum absolute atomic E-state index is 0.720. The zero-order valence-corrected chi connectivity index (χ0v) is 18.4. The van der Waals surface area contributed by atoms with Crippen molar-refractivity contribution < 1.29 is 17.7 Å². The minimum Gasteiger partial charge on any atom is -0.493 e. The van der Waals surface area contributed by atoms with Gasteiger partial charge < -0.3 is 17.7 Å². The summed E-state index contributed by atoms with van der Waals surface area (Å²) in [7, 11) is -2.67. The molecule has 0 saturated heterocycles. The van der Waals surface area contributed by atoms with Gasteiger partial charge in [-0.1, -0.05) is 6.07 Å². The Balaban J connectivity index is 3.32. The molecule has 0 heterocycles. The second-order valence-corrected chi connectivity index (χ2v) is 20.0. The molecule has 0 radical (unpaired) electrons. The summed E-state index contributed by atoms with van der Waals surface area (Å²) in [5, 5.41) is 1.09. The Labute approximate surface area is 138 Å². The quantitative estimate of drug-likeness (QED) is 0.697. The van der Waals surface area contributed by atoms with Crippen molar-refractivity contribution in [2.75, 3.05) is 14.2 Å². The molecule has 0 aliphatic rings. The summed E-state index contributed by atoms with van der Waals surface area (Å²) < 4.78 is 23.9. The van der Waals surface area contributed by atoms with Gasteiger partial charge in [0.25, 0.3) is 0 Å². The van der Waals surface area contributed by atoms with E-state index in [1.807, 2.05) is 18.2 Å². The number of rotatable bonds is 7. The van der Waals surface area contributed by atoms with Gasteiger partial charge in [0, 0.05) is 0 Å². The summed E-state index contributed by atoms with van der Waals surface area (Å²) in [6.07, 6.45) is 0. The minimum atomic E-state index is -2.49.